The molecule has 0 fully saturated rings. The molecule has 44 heavy (non-hydrogen) atoms. The van der Waals surface area contributed by atoms with E-state index in [1.807, 2.05) is 133 Å². The predicted molar refractivity (Wildman–Crippen MR) is 189 cm³/mol. The molecule has 0 aliphatic rings. The molecule has 0 amide bonds. The van der Waals surface area contributed by atoms with Crippen LogP contribution in [0, 0.1) is 0 Å². The van der Waals surface area contributed by atoms with Gasteiger partial charge in [-0.15, -0.1) is 23.5 Å². The van der Waals surface area contributed by atoms with Gasteiger partial charge in [0.2, 0.25) is 0 Å². The van der Waals surface area contributed by atoms with E-state index in [1.165, 1.54) is 0 Å². The Morgan fingerprint density at radius 1 is 0.455 bits per heavy atom. The van der Waals surface area contributed by atoms with Crippen LogP contribution in [0.3, 0.4) is 0 Å². The van der Waals surface area contributed by atoms with Gasteiger partial charge in [-0.25, -0.2) is 0 Å². The summed E-state index contributed by atoms with van der Waals surface area (Å²) in [5.41, 5.74) is 7.48. The molecule has 2 nitrogen and oxygen atoms in total. The van der Waals surface area contributed by atoms with Crippen LogP contribution >= 0.6 is 23.5 Å². The van der Waals surface area contributed by atoms with Crippen LogP contribution in [0.4, 0.5) is 0 Å². The van der Waals surface area contributed by atoms with Crippen molar-refractivity contribution < 1.29 is 10.2 Å². The van der Waals surface area contributed by atoms with Gasteiger partial charge in [-0.05, 0) is 46.6 Å². The first-order valence-corrected chi connectivity index (χ1v) is 16.7. The molecule has 1 atom stereocenters. The fraction of sp³-hybridized carbons (Fsp3) is 0.100. The number of hydrogen-bond acceptors (Lipinski definition) is 4. The molecule has 0 aliphatic heterocycles. The van der Waals surface area contributed by atoms with Crippen LogP contribution in [0.15, 0.2) is 155 Å². The van der Waals surface area contributed by atoms with Crippen molar-refractivity contribution in [2.75, 3.05) is 5.75 Å². The second-order valence-corrected chi connectivity index (χ2v) is 13.3. The molecule has 0 saturated carbocycles. The molecule has 6 aromatic rings. The second kappa shape index (κ2) is 13.9. The summed E-state index contributed by atoms with van der Waals surface area (Å²) < 4.78 is 0. The van der Waals surface area contributed by atoms with Crippen LogP contribution in [0.1, 0.15) is 13.3 Å². The van der Waals surface area contributed by atoms with Gasteiger partial charge in [-0.3, -0.25) is 0 Å². The van der Waals surface area contributed by atoms with Crippen LogP contribution in [-0.4, -0.2) is 21.2 Å². The Hall–Kier alpha value is -4.38. The van der Waals surface area contributed by atoms with E-state index >= 15 is 0 Å². The smallest absolute Gasteiger partial charge is 0.131 e. The lowest BCUT2D eigenvalue weighted by molar-refractivity contribution is 0.478. The van der Waals surface area contributed by atoms with Crippen molar-refractivity contribution >= 4 is 23.5 Å². The molecular weight excluding hydrogens is 577 g/mol. The number of rotatable bonds is 10. The topological polar surface area (TPSA) is 40.5 Å². The molecule has 0 heterocycles. The normalized spacial score (nSPS) is 11.8. The van der Waals surface area contributed by atoms with E-state index in [9.17, 15) is 10.2 Å². The van der Waals surface area contributed by atoms with E-state index < -0.39 is 0 Å². The number of benzene rings is 6. The van der Waals surface area contributed by atoms with E-state index in [-0.39, 0.29) is 0 Å². The summed E-state index contributed by atoms with van der Waals surface area (Å²) in [6, 6.07) is 48.7. The van der Waals surface area contributed by atoms with Crippen LogP contribution < -0.4 is 0 Å². The molecular formula is C40H34O2S2. The van der Waals surface area contributed by atoms with Gasteiger partial charge < -0.3 is 10.2 Å². The lowest BCUT2D eigenvalue weighted by Gasteiger charge is -2.17. The fourth-order valence-corrected chi connectivity index (χ4v) is 7.92. The van der Waals surface area contributed by atoms with Crippen molar-refractivity contribution in [2.45, 2.75) is 28.4 Å². The van der Waals surface area contributed by atoms with Crippen molar-refractivity contribution in [3.8, 4) is 56.0 Å². The van der Waals surface area contributed by atoms with Crippen molar-refractivity contribution in [1.29, 1.82) is 0 Å². The highest BCUT2D eigenvalue weighted by atomic mass is 32.2. The SMILES string of the molecule is CC(CCSc1ccccc1-c1cccc(-c2ccccc2)c1O)Sc1ccccc1-c1cccc(-c2ccccc2)c1O. The first kappa shape index (κ1) is 29.7. The van der Waals surface area contributed by atoms with Crippen LogP contribution in [0.2, 0.25) is 0 Å². The lowest BCUT2D eigenvalue weighted by Crippen LogP contribution is -1.99. The molecule has 2 N–H and O–H groups in total. The van der Waals surface area contributed by atoms with Crippen molar-refractivity contribution in [3.05, 3.63) is 146 Å². The summed E-state index contributed by atoms with van der Waals surface area (Å²) in [5, 5.41) is 23.0. The fourth-order valence-electron chi connectivity index (χ4n) is 5.44. The highest BCUT2D eigenvalue weighted by Crippen LogP contribution is 2.44. The van der Waals surface area contributed by atoms with Crippen molar-refractivity contribution in [2.24, 2.45) is 0 Å². The number of para-hydroxylation sites is 2. The minimum atomic E-state index is 0.311. The summed E-state index contributed by atoms with van der Waals surface area (Å²) in [6.45, 7) is 2.27. The van der Waals surface area contributed by atoms with Gasteiger partial charge in [-0.1, -0.05) is 140 Å². The Balaban J connectivity index is 1.17. The second-order valence-electron chi connectivity index (χ2n) is 10.7. The van der Waals surface area contributed by atoms with Gasteiger partial charge in [0.15, 0.2) is 0 Å². The van der Waals surface area contributed by atoms with E-state index in [0.29, 0.717) is 16.7 Å². The van der Waals surface area contributed by atoms with E-state index in [4.69, 9.17) is 0 Å². The molecule has 4 heteroatoms. The first-order valence-electron chi connectivity index (χ1n) is 14.8. The Labute approximate surface area is 268 Å². The van der Waals surface area contributed by atoms with Gasteiger partial charge in [0.1, 0.15) is 11.5 Å². The minimum absolute atomic E-state index is 0.311. The number of aromatic hydroxyl groups is 2. The number of phenolic OH excluding ortho intramolecular Hbond substituents is 2. The molecule has 6 aromatic carbocycles. The molecule has 6 rings (SSSR count). The highest BCUT2D eigenvalue weighted by Gasteiger charge is 2.17. The van der Waals surface area contributed by atoms with E-state index in [1.54, 1.807) is 0 Å². The van der Waals surface area contributed by atoms with Crippen molar-refractivity contribution in [3.63, 3.8) is 0 Å². The summed E-state index contributed by atoms with van der Waals surface area (Å²) in [4.78, 5) is 2.32. The van der Waals surface area contributed by atoms with Gasteiger partial charge in [-0.2, -0.15) is 0 Å². The van der Waals surface area contributed by atoms with Crippen molar-refractivity contribution in [1.82, 2.24) is 0 Å². The third kappa shape index (κ3) is 6.57. The maximum absolute atomic E-state index is 11.3. The molecule has 0 radical (unpaired) electrons. The van der Waals surface area contributed by atoms with Gasteiger partial charge in [0.05, 0.1) is 0 Å². The van der Waals surface area contributed by atoms with Gasteiger partial charge in [0, 0.05) is 37.3 Å². The van der Waals surface area contributed by atoms with Crippen LogP contribution in [0.5, 0.6) is 11.5 Å². The zero-order valence-corrected chi connectivity index (χ0v) is 26.2. The molecule has 0 aromatic heterocycles. The maximum Gasteiger partial charge on any atom is 0.131 e. The van der Waals surface area contributed by atoms with Gasteiger partial charge in [0.25, 0.3) is 0 Å². The maximum atomic E-state index is 11.3. The van der Waals surface area contributed by atoms with Crippen LogP contribution in [0.25, 0.3) is 44.5 Å². The summed E-state index contributed by atoms with van der Waals surface area (Å²) in [7, 11) is 0. The monoisotopic (exact) mass is 610 g/mol. The molecule has 0 spiro atoms. The Morgan fingerprint density at radius 2 is 0.864 bits per heavy atom. The van der Waals surface area contributed by atoms with E-state index in [0.717, 1.165) is 66.5 Å². The molecule has 0 bridgehead atoms. The van der Waals surface area contributed by atoms with E-state index in [2.05, 4.69) is 43.3 Å². The molecule has 218 valence electrons. The number of hydrogen-bond donors (Lipinski definition) is 2. The molecule has 0 saturated heterocycles. The third-order valence-electron chi connectivity index (χ3n) is 7.71. The average molecular weight is 611 g/mol. The predicted octanol–water partition coefficient (Wildman–Crippen LogP) is 11.4. The zero-order valence-electron chi connectivity index (χ0n) is 24.6. The number of phenols is 2. The number of thioether (sulfide) groups is 2. The average Bonchev–Trinajstić information content (AvgIpc) is 3.06. The van der Waals surface area contributed by atoms with Crippen LogP contribution in [-0.2, 0) is 0 Å². The summed E-state index contributed by atoms with van der Waals surface area (Å²) >= 11 is 3.68. The Kier molecular flexibility index (Phi) is 9.40. The molecule has 1 unspecified atom stereocenters. The quantitative estimate of drug-likeness (QED) is 0.151. The molecule has 0 aliphatic carbocycles. The Morgan fingerprint density at radius 3 is 1.41 bits per heavy atom. The minimum Gasteiger partial charge on any atom is -0.507 e. The zero-order chi connectivity index (χ0) is 30.3. The lowest BCUT2D eigenvalue weighted by atomic mass is 9.97. The largest absolute Gasteiger partial charge is 0.507 e. The summed E-state index contributed by atoms with van der Waals surface area (Å²) in [5.74, 6) is 1.57. The highest BCUT2D eigenvalue weighted by molar-refractivity contribution is 8.00. The Bertz CT molecular complexity index is 1850. The first-order chi connectivity index (χ1) is 21.6. The third-order valence-corrected chi connectivity index (χ3v) is 10.1. The standard InChI is InChI=1S/C40H34O2S2/c1-28(44-38-25-11-9-19-34(38)36-23-13-21-32(40(36)42)30-16-6-3-7-17-30)26-27-43-37-24-10-8-18-33(37)35-22-12-20-31(39(35)41)29-14-4-2-5-15-29/h2-25,28,41-42H,26-27H2,1H3. The summed E-state index contributed by atoms with van der Waals surface area (Å²) in [6.07, 6.45) is 1.00. The van der Waals surface area contributed by atoms with Gasteiger partial charge >= 0.3 is 0 Å².